The normalized spacial score (nSPS) is 9.00. The van der Waals surface area contributed by atoms with Crippen molar-refractivity contribution >= 4 is 8.80 Å². The highest BCUT2D eigenvalue weighted by Gasteiger charge is 1.90. The monoisotopic (exact) mass is 133 g/mol. The van der Waals surface area contributed by atoms with Crippen molar-refractivity contribution in [3.63, 3.8) is 0 Å². The highest BCUT2D eigenvalue weighted by molar-refractivity contribution is 6.55. The van der Waals surface area contributed by atoms with Crippen molar-refractivity contribution in [2.24, 2.45) is 0 Å². The van der Waals surface area contributed by atoms with E-state index >= 15 is 0 Å². The standard InChI is InChI=1S/C6H16Si.H3N/c1-4-5-6-7(2)3;/h7H,4-6H2,1-3H3;1H3. The van der Waals surface area contributed by atoms with E-state index in [9.17, 15) is 0 Å². The second kappa shape index (κ2) is 7.18. The Labute approximate surface area is 54.7 Å². The fraction of sp³-hybridized carbons (Fsp3) is 1.00. The molecule has 0 bridgehead atoms. The van der Waals surface area contributed by atoms with Gasteiger partial charge in [-0.25, -0.2) is 0 Å². The fourth-order valence-electron chi connectivity index (χ4n) is 0.612. The highest BCUT2D eigenvalue weighted by atomic mass is 28.3. The van der Waals surface area contributed by atoms with Gasteiger partial charge in [-0.1, -0.05) is 38.9 Å². The van der Waals surface area contributed by atoms with Crippen molar-refractivity contribution in [2.45, 2.75) is 38.9 Å². The average Bonchev–Trinajstić information content (AvgIpc) is 1.61. The first-order valence-corrected chi connectivity index (χ1v) is 6.40. The number of unbranched alkanes of at least 4 members (excludes halogenated alkanes) is 1. The molecule has 0 radical (unpaired) electrons. The van der Waals surface area contributed by atoms with Gasteiger partial charge in [0, 0.05) is 8.80 Å². The Morgan fingerprint density at radius 2 is 1.75 bits per heavy atom. The van der Waals surface area contributed by atoms with Crippen LogP contribution in [0.3, 0.4) is 0 Å². The summed E-state index contributed by atoms with van der Waals surface area (Å²) in [6, 6.07) is 1.54. The van der Waals surface area contributed by atoms with E-state index in [1.54, 1.807) is 0 Å². The van der Waals surface area contributed by atoms with Crippen LogP contribution in [0.2, 0.25) is 19.1 Å². The van der Waals surface area contributed by atoms with Crippen LogP contribution >= 0.6 is 0 Å². The summed E-state index contributed by atoms with van der Waals surface area (Å²) in [5.41, 5.74) is 0. The zero-order valence-electron chi connectivity index (χ0n) is 6.41. The SMILES string of the molecule is CCCC[SiH](C)C.N. The number of hydrogen-bond donors (Lipinski definition) is 1. The molecule has 0 rings (SSSR count). The van der Waals surface area contributed by atoms with Gasteiger partial charge in [0.15, 0.2) is 0 Å². The Morgan fingerprint density at radius 3 is 1.88 bits per heavy atom. The topological polar surface area (TPSA) is 35.0 Å². The third-order valence-electron chi connectivity index (χ3n) is 1.14. The van der Waals surface area contributed by atoms with E-state index in [1.165, 1.54) is 18.9 Å². The second-order valence-electron chi connectivity index (χ2n) is 2.54. The summed E-state index contributed by atoms with van der Waals surface area (Å²) in [6.07, 6.45) is 2.84. The lowest BCUT2D eigenvalue weighted by Crippen LogP contribution is -1.96. The molecule has 1 nitrogen and oxygen atoms in total. The van der Waals surface area contributed by atoms with Crippen molar-refractivity contribution in [1.82, 2.24) is 6.15 Å². The van der Waals surface area contributed by atoms with Gasteiger partial charge in [0.05, 0.1) is 0 Å². The molecule has 0 unspecified atom stereocenters. The van der Waals surface area contributed by atoms with Gasteiger partial charge in [0.1, 0.15) is 0 Å². The molecule has 0 heterocycles. The maximum atomic E-state index is 2.41. The third kappa shape index (κ3) is 9.49. The molecular formula is C6H19NSi. The molecule has 3 N–H and O–H groups in total. The zero-order valence-corrected chi connectivity index (χ0v) is 7.56. The van der Waals surface area contributed by atoms with Crippen molar-refractivity contribution in [1.29, 1.82) is 0 Å². The summed E-state index contributed by atoms with van der Waals surface area (Å²) in [7, 11) is -0.188. The summed E-state index contributed by atoms with van der Waals surface area (Å²) in [6.45, 7) is 7.09. The number of hydrogen-bond acceptors (Lipinski definition) is 1. The Kier molecular flexibility index (Phi) is 9.90. The molecule has 0 aliphatic carbocycles. The summed E-state index contributed by atoms with van der Waals surface area (Å²) in [4.78, 5) is 0. The molecule has 52 valence electrons. The maximum Gasteiger partial charge on any atom is 0.0305 e. The largest absolute Gasteiger partial charge is 0.344 e. The van der Waals surface area contributed by atoms with E-state index in [0.29, 0.717) is 0 Å². The van der Waals surface area contributed by atoms with Gasteiger partial charge in [-0.15, -0.1) is 0 Å². The average molecular weight is 133 g/mol. The Bertz CT molecular complexity index is 37.5. The molecule has 0 aromatic carbocycles. The predicted octanol–water partition coefficient (Wildman–Crippen LogP) is 2.44. The van der Waals surface area contributed by atoms with Crippen LogP contribution in [0, 0.1) is 0 Å². The van der Waals surface area contributed by atoms with Crippen LogP contribution in [0.25, 0.3) is 0 Å². The lowest BCUT2D eigenvalue weighted by molar-refractivity contribution is 0.875. The quantitative estimate of drug-likeness (QED) is 0.590. The van der Waals surface area contributed by atoms with E-state index in [4.69, 9.17) is 0 Å². The molecule has 2 heteroatoms. The first-order valence-electron chi connectivity index (χ1n) is 3.27. The van der Waals surface area contributed by atoms with E-state index in [2.05, 4.69) is 20.0 Å². The molecule has 0 aliphatic rings. The number of rotatable bonds is 3. The van der Waals surface area contributed by atoms with E-state index in [1.807, 2.05) is 0 Å². The minimum atomic E-state index is -0.188. The molecule has 0 atom stereocenters. The molecule has 0 aliphatic heterocycles. The van der Waals surface area contributed by atoms with Gasteiger partial charge in [0.2, 0.25) is 0 Å². The minimum Gasteiger partial charge on any atom is -0.344 e. The van der Waals surface area contributed by atoms with Crippen LogP contribution in [0.1, 0.15) is 19.8 Å². The summed E-state index contributed by atoms with van der Waals surface area (Å²) in [5, 5.41) is 0. The molecule has 0 amide bonds. The maximum absolute atomic E-state index is 2.41. The Morgan fingerprint density at radius 1 is 1.25 bits per heavy atom. The van der Waals surface area contributed by atoms with Crippen LogP contribution in [0.5, 0.6) is 0 Å². The Hall–Kier alpha value is 0.177. The summed E-state index contributed by atoms with van der Waals surface area (Å²) < 4.78 is 0. The van der Waals surface area contributed by atoms with E-state index < -0.39 is 0 Å². The fourth-order valence-corrected chi connectivity index (χ4v) is 1.84. The molecule has 0 aromatic rings. The lowest BCUT2D eigenvalue weighted by atomic mass is 10.4. The van der Waals surface area contributed by atoms with Crippen LogP contribution in [0.15, 0.2) is 0 Å². The van der Waals surface area contributed by atoms with E-state index in [-0.39, 0.29) is 14.9 Å². The van der Waals surface area contributed by atoms with Crippen molar-refractivity contribution in [3.8, 4) is 0 Å². The van der Waals surface area contributed by atoms with Gasteiger partial charge in [-0.05, 0) is 0 Å². The molecule has 0 aromatic heterocycles. The van der Waals surface area contributed by atoms with Gasteiger partial charge in [0.25, 0.3) is 0 Å². The van der Waals surface area contributed by atoms with E-state index in [0.717, 1.165) is 0 Å². The van der Waals surface area contributed by atoms with Crippen molar-refractivity contribution in [3.05, 3.63) is 0 Å². The Balaban J connectivity index is 0. The van der Waals surface area contributed by atoms with Gasteiger partial charge < -0.3 is 6.15 Å². The predicted molar refractivity (Wildman–Crippen MR) is 43.6 cm³/mol. The first-order chi connectivity index (χ1) is 3.27. The zero-order chi connectivity index (χ0) is 5.70. The first kappa shape index (κ1) is 11.0. The van der Waals surface area contributed by atoms with Gasteiger partial charge in [-0.3, -0.25) is 0 Å². The molecule has 0 fully saturated rings. The second-order valence-corrected chi connectivity index (χ2v) is 5.90. The van der Waals surface area contributed by atoms with Gasteiger partial charge >= 0.3 is 0 Å². The van der Waals surface area contributed by atoms with Crippen LogP contribution in [0.4, 0.5) is 0 Å². The highest BCUT2D eigenvalue weighted by Crippen LogP contribution is 1.98. The van der Waals surface area contributed by atoms with Crippen LogP contribution in [-0.4, -0.2) is 8.80 Å². The molecule has 0 saturated heterocycles. The lowest BCUT2D eigenvalue weighted by Gasteiger charge is -1.97. The smallest absolute Gasteiger partial charge is 0.0305 e. The molecule has 8 heavy (non-hydrogen) atoms. The third-order valence-corrected chi connectivity index (χ3v) is 2.70. The molecule has 0 saturated carbocycles. The van der Waals surface area contributed by atoms with Crippen molar-refractivity contribution < 1.29 is 0 Å². The molecule has 0 spiro atoms. The summed E-state index contributed by atoms with van der Waals surface area (Å²) in [5.74, 6) is 0. The van der Waals surface area contributed by atoms with Crippen LogP contribution < -0.4 is 6.15 Å². The van der Waals surface area contributed by atoms with Crippen molar-refractivity contribution in [2.75, 3.05) is 0 Å². The minimum absolute atomic E-state index is 0. The van der Waals surface area contributed by atoms with Gasteiger partial charge in [-0.2, -0.15) is 0 Å². The molecular weight excluding hydrogens is 114 g/mol. The summed E-state index contributed by atoms with van der Waals surface area (Å²) >= 11 is 0. The van der Waals surface area contributed by atoms with Crippen LogP contribution in [-0.2, 0) is 0 Å².